The van der Waals surface area contributed by atoms with Crippen molar-refractivity contribution in [3.05, 3.63) is 72.8 Å². The van der Waals surface area contributed by atoms with E-state index in [0.717, 1.165) is 0 Å². The molecule has 150 valence electrons. The Labute approximate surface area is 168 Å². The van der Waals surface area contributed by atoms with Crippen molar-refractivity contribution in [2.45, 2.75) is 4.90 Å². The third kappa shape index (κ3) is 4.79. The lowest BCUT2D eigenvalue weighted by Gasteiger charge is -2.10. The average Bonchev–Trinajstić information content (AvgIpc) is 3.20. The summed E-state index contributed by atoms with van der Waals surface area (Å²) in [6.45, 7) is 0.487. The van der Waals surface area contributed by atoms with Gasteiger partial charge in [-0.25, -0.2) is 13.1 Å². The van der Waals surface area contributed by atoms with Gasteiger partial charge in [0.2, 0.25) is 16.8 Å². The Kier molecular flexibility index (Phi) is 5.55. The maximum atomic E-state index is 12.4. The van der Waals surface area contributed by atoms with Crippen LogP contribution in [0.3, 0.4) is 0 Å². The van der Waals surface area contributed by atoms with E-state index in [0.29, 0.717) is 28.7 Å². The molecule has 3 aromatic rings. The van der Waals surface area contributed by atoms with Crippen LogP contribution in [0, 0.1) is 0 Å². The van der Waals surface area contributed by atoms with Gasteiger partial charge < -0.3 is 18.9 Å². The normalized spacial score (nSPS) is 12.6. The number of fused-ring (bicyclic) bond motifs is 1. The predicted octanol–water partition coefficient (Wildman–Crippen LogP) is 3.56. The number of benzene rings is 3. The first-order chi connectivity index (χ1) is 14.1. The van der Waals surface area contributed by atoms with Gasteiger partial charge in [0.25, 0.3) is 0 Å². The van der Waals surface area contributed by atoms with Gasteiger partial charge in [0.15, 0.2) is 11.5 Å². The molecule has 7 nitrogen and oxygen atoms in total. The van der Waals surface area contributed by atoms with Crippen molar-refractivity contribution in [1.29, 1.82) is 0 Å². The largest absolute Gasteiger partial charge is 0.492 e. The summed E-state index contributed by atoms with van der Waals surface area (Å²) in [6, 6.07) is 20.7. The molecule has 1 N–H and O–H groups in total. The fourth-order valence-corrected chi connectivity index (χ4v) is 3.72. The standard InChI is InChI=1S/C21H19NO6S/c23-29(24,19-9-6-17(7-10-19)28-16-4-2-1-3-5-16)22-12-13-25-18-8-11-20-21(14-18)27-15-26-20/h1-11,14,22H,12-13,15H2. The molecule has 0 amide bonds. The number of rotatable bonds is 8. The maximum absolute atomic E-state index is 12.4. The van der Waals surface area contributed by atoms with E-state index in [1.807, 2.05) is 30.3 Å². The Bertz CT molecular complexity index is 1070. The first kappa shape index (κ1) is 19.1. The molecule has 0 spiro atoms. The molecule has 0 atom stereocenters. The Morgan fingerprint density at radius 1 is 0.828 bits per heavy atom. The molecule has 0 saturated heterocycles. The van der Waals surface area contributed by atoms with Gasteiger partial charge in [-0.1, -0.05) is 18.2 Å². The lowest BCUT2D eigenvalue weighted by atomic mass is 10.3. The summed E-state index contributed by atoms with van der Waals surface area (Å²) in [6.07, 6.45) is 0. The molecule has 0 bridgehead atoms. The number of sulfonamides is 1. The molecular formula is C21H19NO6S. The van der Waals surface area contributed by atoms with E-state index < -0.39 is 10.0 Å². The molecule has 0 aliphatic carbocycles. The van der Waals surface area contributed by atoms with Crippen LogP contribution >= 0.6 is 0 Å². The zero-order valence-electron chi connectivity index (χ0n) is 15.4. The highest BCUT2D eigenvalue weighted by Gasteiger charge is 2.15. The number of hydrogen-bond donors (Lipinski definition) is 1. The maximum Gasteiger partial charge on any atom is 0.240 e. The van der Waals surface area contributed by atoms with Gasteiger partial charge in [-0.3, -0.25) is 0 Å². The number of ether oxygens (including phenoxy) is 4. The third-order valence-corrected chi connectivity index (χ3v) is 5.60. The van der Waals surface area contributed by atoms with E-state index >= 15 is 0 Å². The van der Waals surface area contributed by atoms with Gasteiger partial charge in [0, 0.05) is 12.6 Å². The van der Waals surface area contributed by atoms with Gasteiger partial charge in [-0.15, -0.1) is 0 Å². The Balaban J connectivity index is 1.29. The summed E-state index contributed by atoms with van der Waals surface area (Å²) >= 11 is 0. The van der Waals surface area contributed by atoms with Crippen molar-refractivity contribution >= 4 is 10.0 Å². The van der Waals surface area contributed by atoms with Crippen LogP contribution in [0.4, 0.5) is 0 Å². The first-order valence-corrected chi connectivity index (χ1v) is 10.4. The molecule has 0 radical (unpaired) electrons. The van der Waals surface area contributed by atoms with Crippen molar-refractivity contribution in [2.75, 3.05) is 19.9 Å². The minimum absolute atomic E-state index is 0.124. The fraction of sp³-hybridized carbons (Fsp3) is 0.143. The monoisotopic (exact) mass is 413 g/mol. The van der Waals surface area contributed by atoms with Crippen molar-refractivity contribution < 1.29 is 27.4 Å². The Hall–Kier alpha value is -3.23. The van der Waals surface area contributed by atoms with Crippen molar-refractivity contribution in [2.24, 2.45) is 0 Å². The van der Waals surface area contributed by atoms with Crippen LogP contribution in [0.25, 0.3) is 0 Å². The van der Waals surface area contributed by atoms with E-state index in [9.17, 15) is 8.42 Å². The second-order valence-corrected chi connectivity index (χ2v) is 7.91. The highest BCUT2D eigenvalue weighted by atomic mass is 32.2. The van der Waals surface area contributed by atoms with Crippen LogP contribution in [0.2, 0.25) is 0 Å². The molecule has 29 heavy (non-hydrogen) atoms. The summed E-state index contributed by atoms with van der Waals surface area (Å²) in [4.78, 5) is 0.154. The summed E-state index contributed by atoms with van der Waals surface area (Å²) < 4.78 is 49.1. The molecule has 4 rings (SSSR count). The number of para-hydroxylation sites is 1. The lowest BCUT2D eigenvalue weighted by Crippen LogP contribution is -2.28. The molecule has 1 heterocycles. The van der Waals surface area contributed by atoms with Crippen LogP contribution in [0.5, 0.6) is 28.7 Å². The third-order valence-electron chi connectivity index (χ3n) is 4.12. The van der Waals surface area contributed by atoms with E-state index in [2.05, 4.69) is 4.72 Å². The molecule has 8 heteroatoms. The molecule has 1 aliphatic heterocycles. The van der Waals surface area contributed by atoms with Crippen LogP contribution < -0.4 is 23.7 Å². The van der Waals surface area contributed by atoms with Gasteiger partial charge in [0.05, 0.1) is 4.90 Å². The van der Waals surface area contributed by atoms with Gasteiger partial charge >= 0.3 is 0 Å². The number of hydrogen-bond acceptors (Lipinski definition) is 6. The van der Waals surface area contributed by atoms with Crippen LogP contribution in [0.1, 0.15) is 0 Å². The van der Waals surface area contributed by atoms with Crippen molar-refractivity contribution in [1.82, 2.24) is 4.72 Å². The summed E-state index contributed by atoms with van der Waals surface area (Å²) in [5.41, 5.74) is 0. The lowest BCUT2D eigenvalue weighted by molar-refractivity contribution is 0.173. The minimum Gasteiger partial charge on any atom is -0.492 e. The minimum atomic E-state index is -3.64. The molecule has 0 aromatic heterocycles. The van der Waals surface area contributed by atoms with E-state index in [1.165, 1.54) is 12.1 Å². The topological polar surface area (TPSA) is 83.1 Å². The quantitative estimate of drug-likeness (QED) is 0.569. The summed E-state index contributed by atoms with van der Waals surface area (Å²) in [5, 5.41) is 0. The summed E-state index contributed by atoms with van der Waals surface area (Å²) in [5.74, 6) is 3.10. The smallest absolute Gasteiger partial charge is 0.240 e. The van der Waals surface area contributed by atoms with Crippen LogP contribution in [-0.2, 0) is 10.0 Å². The van der Waals surface area contributed by atoms with Crippen LogP contribution in [-0.4, -0.2) is 28.4 Å². The van der Waals surface area contributed by atoms with Crippen molar-refractivity contribution in [3.8, 4) is 28.7 Å². The van der Waals surface area contributed by atoms with Crippen LogP contribution in [0.15, 0.2) is 77.7 Å². The first-order valence-electron chi connectivity index (χ1n) is 8.95. The highest BCUT2D eigenvalue weighted by Crippen LogP contribution is 2.35. The molecule has 0 saturated carbocycles. The second kappa shape index (κ2) is 8.42. The number of nitrogens with one attached hydrogen (secondary N) is 1. The zero-order chi connectivity index (χ0) is 20.1. The second-order valence-electron chi connectivity index (χ2n) is 6.15. The van der Waals surface area contributed by atoms with Gasteiger partial charge in [-0.2, -0.15) is 0 Å². The molecule has 1 aliphatic rings. The Morgan fingerprint density at radius 3 is 2.31 bits per heavy atom. The molecule has 0 fully saturated rings. The van der Waals surface area contributed by atoms with E-state index in [1.54, 1.807) is 30.3 Å². The highest BCUT2D eigenvalue weighted by molar-refractivity contribution is 7.89. The van der Waals surface area contributed by atoms with E-state index in [-0.39, 0.29) is 24.8 Å². The molecule has 3 aromatic carbocycles. The fourth-order valence-electron chi connectivity index (χ4n) is 2.71. The SMILES string of the molecule is O=S(=O)(NCCOc1ccc2c(c1)OCO2)c1ccc(Oc2ccccc2)cc1. The van der Waals surface area contributed by atoms with Crippen molar-refractivity contribution in [3.63, 3.8) is 0 Å². The predicted molar refractivity (Wildman–Crippen MR) is 106 cm³/mol. The molecular weight excluding hydrogens is 394 g/mol. The Morgan fingerprint density at radius 2 is 1.52 bits per heavy atom. The zero-order valence-corrected chi connectivity index (χ0v) is 16.2. The van der Waals surface area contributed by atoms with Gasteiger partial charge in [-0.05, 0) is 48.5 Å². The average molecular weight is 413 g/mol. The molecule has 0 unspecified atom stereocenters. The van der Waals surface area contributed by atoms with E-state index in [4.69, 9.17) is 18.9 Å². The summed E-state index contributed by atoms with van der Waals surface area (Å²) in [7, 11) is -3.64. The van der Waals surface area contributed by atoms with Gasteiger partial charge in [0.1, 0.15) is 23.9 Å².